The van der Waals surface area contributed by atoms with Crippen LogP contribution in [0, 0.1) is 51.8 Å². The predicted molar refractivity (Wildman–Crippen MR) is 232 cm³/mol. The second-order valence-electron chi connectivity index (χ2n) is 23.3. The maximum absolute atomic E-state index is 15.2. The zero-order valence-electron chi connectivity index (χ0n) is 37.5. The van der Waals surface area contributed by atoms with Gasteiger partial charge in [0.05, 0.1) is 29.2 Å². The molecule has 10 atom stereocenters. The largest absolute Gasteiger partial charge is 0.392 e. The van der Waals surface area contributed by atoms with Gasteiger partial charge in [0.25, 0.3) is 0 Å². The summed E-state index contributed by atoms with van der Waals surface area (Å²) in [6.07, 6.45) is 11.9. The Hall–Kier alpha value is -2.87. The van der Waals surface area contributed by atoms with E-state index in [0.717, 1.165) is 49.9 Å². The van der Waals surface area contributed by atoms with Crippen LogP contribution >= 0.6 is 0 Å². The Bertz CT molecular complexity index is 2150. The van der Waals surface area contributed by atoms with Crippen molar-refractivity contribution in [3.63, 3.8) is 0 Å². The smallest absolute Gasteiger partial charge is 0.160 e. The van der Waals surface area contributed by atoms with Gasteiger partial charge in [-0.3, -0.25) is 14.6 Å². The first-order chi connectivity index (χ1) is 27.7. The van der Waals surface area contributed by atoms with E-state index >= 15 is 4.79 Å². The summed E-state index contributed by atoms with van der Waals surface area (Å²) < 4.78 is 6.03. The molecule has 1 saturated heterocycles. The molecular weight excluding hydrogens is 733 g/mol. The number of epoxide rings is 1. The number of aliphatic hydroxyl groups excluding tert-OH is 2. The first-order valence-corrected chi connectivity index (χ1v) is 23.4. The molecule has 9 aliphatic rings. The fraction of sp³-hybridized carbons (Fsp3) is 0.712. The van der Waals surface area contributed by atoms with Gasteiger partial charge in [0.1, 0.15) is 11.9 Å². The normalized spacial score (nSPS) is 41.3. The molecule has 318 valence electrons. The van der Waals surface area contributed by atoms with Crippen LogP contribution in [0.3, 0.4) is 0 Å². The molecule has 4 heterocycles. The molecule has 1 aromatic carbocycles. The lowest BCUT2D eigenvalue weighted by Crippen LogP contribution is -2.68. The van der Waals surface area contributed by atoms with Crippen LogP contribution in [0.5, 0.6) is 0 Å². The van der Waals surface area contributed by atoms with Crippen LogP contribution in [0.1, 0.15) is 155 Å². The number of aryl methyl sites for hydroxylation is 1. The summed E-state index contributed by atoms with van der Waals surface area (Å²) in [5.74, 6) is 1.03. The van der Waals surface area contributed by atoms with Gasteiger partial charge in [0, 0.05) is 54.5 Å². The summed E-state index contributed by atoms with van der Waals surface area (Å²) in [4.78, 5) is 36.5. The summed E-state index contributed by atoms with van der Waals surface area (Å²) in [5.41, 5.74) is 8.58. The SMILES string of the molecule is Cc1cc(CC2=C3N=CC4=C3N(C2)CC2C3=C(C(=O)CC3(C)C3(C)CCC5C(C)(C)C(=O)CCC5(C)C3C2O)C(C)(CC(O)C2OC2(C)C)CC4)cc(C2CCCC2)c1. The minimum absolute atomic E-state index is 0.0726. The second-order valence-corrected chi connectivity index (χ2v) is 23.3. The van der Waals surface area contributed by atoms with Gasteiger partial charge < -0.3 is 19.8 Å². The highest BCUT2D eigenvalue weighted by atomic mass is 16.6. The van der Waals surface area contributed by atoms with E-state index in [2.05, 4.69) is 77.8 Å². The van der Waals surface area contributed by atoms with Gasteiger partial charge in [-0.05, 0) is 140 Å². The van der Waals surface area contributed by atoms with E-state index in [9.17, 15) is 15.0 Å². The molecule has 4 saturated carbocycles. The molecule has 10 rings (SSSR count). The van der Waals surface area contributed by atoms with Gasteiger partial charge >= 0.3 is 0 Å². The third-order valence-corrected chi connectivity index (χ3v) is 19.0. The van der Waals surface area contributed by atoms with E-state index in [1.807, 2.05) is 13.8 Å². The number of ether oxygens (including phenoxy) is 1. The molecule has 0 bridgehead atoms. The third-order valence-electron chi connectivity index (χ3n) is 19.0. The number of Topliss-reactive ketones (excluding diaryl/α,β-unsaturated/α-hetero) is 2. The van der Waals surface area contributed by atoms with Crippen molar-refractivity contribution in [3.8, 4) is 0 Å². The average Bonchev–Trinajstić information content (AvgIpc) is 3.69. The fourth-order valence-electron chi connectivity index (χ4n) is 16.0. The van der Waals surface area contributed by atoms with Crippen LogP contribution in [0.25, 0.3) is 0 Å². The van der Waals surface area contributed by atoms with E-state index < -0.39 is 28.5 Å². The zero-order valence-corrected chi connectivity index (χ0v) is 37.5. The van der Waals surface area contributed by atoms with Crippen molar-refractivity contribution in [2.24, 2.45) is 49.8 Å². The number of aliphatic imine (C=N–C) groups is 1. The van der Waals surface area contributed by atoms with Crippen molar-refractivity contribution in [1.82, 2.24) is 4.90 Å². The van der Waals surface area contributed by atoms with E-state index in [1.54, 1.807) is 0 Å². The fourth-order valence-corrected chi connectivity index (χ4v) is 16.0. The quantitative estimate of drug-likeness (QED) is 0.278. The van der Waals surface area contributed by atoms with Crippen LogP contribution in [0.15, 0.2) is 56.9 Å². The lowest BCUT2D eigenvalue weighted by atomic mass is 9.34. The molecule has 0 amide bonds. The van der Waals surface area contributed by atoms with Crippen molar-refractivity contribution in [3.05, 3.63) is 68.6 Å². The van der Waals surface area contributed by atoms with Gasteiger partial charge in [-0.15, -0.1) is 0 Å². The Morgan fingerprint density at radius 3 is 2.39 bits per heavy atom. The van der Waals surface area contributed by atoms with Crippen LogP contribution in [0.4, 0.5) is 0 Å². The molecule has 2 N–H and O–H groups in total. The lowest BCUT2D eigenvalue weighted by Gasteiger charge is -2.70. The van der Waals surface area contributed by atoms with Gasteiger partial charge in [0.15, 0.2) is 5.78 Å². The summed E-state index contributed by atoms with van der Waals surface area (Å²) in [7, 11) is 0. The number of carbonyl (C=O) groups excluding carboxylic acids is 2. The second kappa shape index (κ2) is 13.1. The molecule has 7 nitrogen and oxygen atoms in total. The Labute approximate surface area is 353 Å². The summed E-state index contributed by atoms with van der Waals surface area (Å²) in [5, 5.41) is 25.4. The molecule has 59 heavy (non-hydrogen) atoms. The van der Waals surface area contributed by atoms with Crippen molar-refractivity contribution < 1.29 is 24.5 Å². The molecule has 4 aliphatic heterocycles. The molecule has 0 radical (unpaired) electrons. The van der Waals surface area contributed by atoms with Crippen LogP contribution in [0.2, 0.25) is 0 Å². The average molecular weight is 803 g/mol. The number of allylic oxidation sites excluding steroid dienone is 2. The third kappa shape index (κ3) is 5.71. The predicted octanol–water partition coefficient (Wildman–Crippen LogP) is 9.53. The highest BCUT2D eigenvalue weighted by Gasteiger charge is 2.73. The van der Waals surface area contributed by atoms with Gasteiger partial charge in [0.2, 0.25) is 0 Å². The number of aliphatic hydroxyl groups is 2. The number of carbonyl (C=O) groups is 2. The minimum atomic E-state index is -0.708. The maximum Gasteiger partial charge on any atom is 0.160 e. The Kier molecular flexibility index (Phi) is 8.92. The Morgan fingerprint density at radius 2 is 1.68 bits per heavy atom. The number of nitrogens with zero attached hydrogens (tertiary/aromatic N) is 2. The minimum Gasteiger partial charge on any atom is -0.392 e. The lowest BCUT2D eigenvalue weighted by molar-refractivity contribution is -0.219. The topological polar surface area (TPSA) is 103 Å². The molecule has 5 fully saturated rings. The number of ketones is 2. The molecule has 0 spiro atoms. The molecule has 0 aromatic heterocycles. The first kappa shape index (κ1) is 40.2. The zero-order chi connectivity index (χ0) is 41.8. The number of rotatable bonds is 6. The van der Waals surface area contributed by atoms with Crippen LogP contribution in [-0.4, -0.2) is 69.9 Å². The summed E-state index contributed by atoms with van der Waals surface area (Å²) in [6.45, 7) is 21.4. The Morgan fingerprint density at radius 1 is 0.949 bits per heavy atom. The number of hydrogen-bond acceptors (Lipinski definition) is 7. The van der Waals surface area contributed by atoms with Crippen molar-refractivity contribution in [1.29, 1.82) is 0 Å². The molecule has 1 aromatic rings. The summed E-state index contributed by atoms with van der Waals surface area (Å²) in [6, 6.07) is 7.23. The van der Waals surface area contributed by atoms with E-state index in [0.29, 0.717) is 43.9 Å². The number of hydrogen-bond donors (Lipinski definition) is 2. The Balaban J connectivity index is 1.10. The highest BCUT2D eigenvalue weighted by molar-refractivity contribution is 6.02. The number of benzene rings is 1. The monoisotopic (exact) mass is 803 g/mol. The van der Waals surface area contributed by atoms with Crippen LogP contribution < -0.4 is 0 Å². The van der Waals surface area contributed by atoms with Crippen molar-refractivity contribution in [2.75, 3.05) is 13.1 Å². The molecule has 10 unspecified atom stereocenters. The van der Waals surface area contributed by atoms with Gasteiger partial charge in [-0.25, -0.2) is 0 Å². The van der Waals surface area contributed by atoms with Crippen molar-refractivity contribution >= 4 is 17.8 Å². The first-order valence-electron chi connectivity index (χ1n) is 23.4. The van der Waals surface area contributed by atoms with E-state index in [1.165, 1.54) is 64.8 Å². The summed E-state index contributed by atoms with van der Waals surface area (Å²) >= 11 is 0. The van der Waals surface area contributed by atoms with E-state index in [4.69, 9.17) is 9.73 Å². The molecule has 7 heteroatoms. The van der Waals surface area contributed by atoms with Gasteiger partial charge in [-0.2, -0.15) is 0 Å². The molecule has 5 aliphatic carbocycles. The highest BCUT2D eigenvalue weighted by Crippen LogP contribution is 2.75. The standard InChI is InChI=1S/C52H70N2O5/c1-29-20-30(22-33(21-29)31-12-10-11-13-31)23-34-27-54-28-35-40-41(49(6,24-37(56)46-48(4,5)59-46)17-14-32-26-53-42(34)43(32)54)36(55)25-52(40,9)51(8)19-15-38-47(2,3)39(57)16-18-50(38,7)45(51)44(35)58/h20-22,26,31,35,37-38,44-46,56,58H,10-19,23-25,27-28H2,1-9H3. The maximum atomic E-state index is 15.2. The molecular formula is C52H70N2O5. The van der Waals surface area contributed by atoms with E-state index in [-0.39, 0.29) is 46.1 Å². The van der Waals surface area contributed by atoms with Crippen LogP contribution in [-0.2, 0) is 20.7 Å². The van der Waals surface area contributed by atoms with Crippen molar-refractivity contribution in [2.45, 2.75) is 176 Å². The van der Waals surface area contributed by atoms with Gasteiger partial charge in [-0.1, -0.05) is 78.1 Å². The number of fused-ring (bicyclic) bond motifs is 4.